The minimum absolute atomic E-state index is 0.352. The van der Waals surface area contributed by atoms with Gasteiger partial charge in [0.1, 0.15) is 0 Å². The summed E-state index contributed by atoms with van der Waals surface area (Å²) in [5.74, 6) is 1.64. The minimum atomic E-state index is 0.352. The van der Waals surface area contributed by atoms with Crippen molar-refractivity contribution in [2.24, 2.45) is 17.3 Å². The maximum absolute atomic E-state index is 3.88. The molecule has 2 fully saturated rings. The quantitative estimate of drug-likeness (QED) is 0.841. The van der Waals surface area contributed by atoms with E-state index >= 15 is 0 Å². The second-order valence-electron chi connectivity index (χ2n) is 8.60. The second-order valence-corrected chi connectivity index (χ2v) is 8.60. The maximum atomic E-state index is 3.88. The van der Waals surface area contributed by atoms with E-state index in [4.69, 9.17) is 0 Å². The highest BCUT2D eigenvalue weighted by Crippen LogP contribution is 2.43. The third-order valence-corrected chi connectivity index (χ3v) is 5.65. The largest absolute Gasteiger partial charge is 0.308 e. The third-order valence-electron chi connectivity index (χ3n) is 5.65. The summed E-state index contributed by atoms with van der Waals surface area (Å²) < 4.78 is 0. The fraction of sp³-hybridized carbons (Fsp3) is 1.00. The van der Waals surface area contributed by atoms with Crippen LogP contribution >= 0.6 is 0 Å². The Morgan fingerprint density at radius 1 is 1.16 bits per heavy atom. The average Bonchev–Trinajstić information content (AvgIpc) is 3.10. The summed E-state index contributed by atoms with van der Waals surface area (Å²) in [6, 6.07) is 1.32. The van der Waals surface area contributed by atoms with Crippen LogP contribution in [0.25, 0.3) is 0 Å². The molecule has 3 unspecified atom stereocenters. The lowest BCUT2D eigenvalue weighted by atomic mass is 9.81. The minimum Gasteiger partial charge on any atom is -0.308 e. The van der Waals surface area contributed by atoms with Gasteiger partial charge in [-0.3, -0.25) is 4.90 Å². The molecular weight excluding hydrogens is 232 g/mol. The molecule has 19 heavy (non-hydrogen) atoms. The van der Waals surface area contributed by atoms with Gasteiger partial charge in [0.2, 0.25) is 0 Å². The Bertz CT molecular complexity index is 312. The summed E-state index contributed by atoms with van der Waals surface area (Å²) >= 11 is 0. The number of nitrogens with zero attached hydrogens (tertiary/aromatic N) is 1. The van der Waals surface area contributed by atoms with Crippen LogP contribution in [0.5, 0.6) is 0 Å². The summed E-state index contributed by atoms with van der Waals surface area (Å²) in [4.78, 5) is 2.81. The smallest absolute Gasteiger partial charge is 0.0309 e. The fourth-order valence-corrected chi connectivity index (χ4v) is 3.54. The van der Waals surface area contributed by atoms with Crippen LogP contribution in [-0.4, -0.2) is 35.6 Å². The Balaban J connectivity index is 2.17. The molecule has 0 spiro atoms. The highest BCUT2D eigenvalue weighted by atomic mass is 15.3. The zero-order chi connectivity index (χ0) is 14.4. The molecule has 0 radical (unpaired) electrons. The summed E-state index contributed by atoms with van der Waals surface area (Å²) in [6.45, 7) is 19.1. The van der Waals surface area contributed by atoms with E-state index in [1.54, 1.807) is 0 Å². The van der Waals surface area contributed by atoms with E-state index in [1.165, 1.54) is 19.4 Å². The second kappa shape index (κ2) is 5.04. The zero-order valence-corrected chi connectivity index (χ0v) is 14.1. The van der Waals surface area contributed by atoms with Gasteiger partial charge >= 0.3 is 0 Å². The molecule has 0 aromatic rings. The van der Waals surface area contributed by atoms with Gasteiger partial charge in [0.25, 0.3) is 0 Å². The van der Waals surface area contributed by atoms with Gasteiger partial charge in [-0.1, -0.05) is 34.6 Å². The molecule has 3 atom stereocenters. The van der Waals surface area contributed by atoms with Gasteiger partial charge in [-0.15, -0.1) is 0 Å². The molecule has 112 valence electrons. The zero-order valence-electron chi connectivity index (χ0n) is 14.1. The lowest BCUT2D eigenvalue weighted by Crippen LogP contribution is -2.68. The first-order valence-corrected chi connectivity index (χ1v) is 8.16. The Kier molecular flexibility index (Phi) is 4.06. The predicted molar refractivity (Wildman–Crippen MR) is 83.4 cm³/mol. The monoisotopic (exact) mass is 266 g/mol. The van der Waals surface area contributed by atoms with Crippen LogP contribution < -0.4 is 5.32 Å². The van der Waals surface area contributed by atoms with Crippen LogP contribution in [0.1, 0.15) is 61.3 Å². The van der Waals surface area contributed by atoms with E-state index in [1.807, 2.05) is 0 Å². The topological polar surface area (TPSA) is 15.3 Å². The van der Waals surface area contributed by atoms with Crippen LogP contribution in [-0.2, 0) is 0 Å². The van der Waals surface area contributed by atoms with Crippen molar-refractivity contribution in [3.8, 4) is 0 Å². The number of piperazine rings is 1. The van der Waals surface area contributed by atoms with Gasteiger partial charge in [-0.25, -0.2) is 0 Å². The number of nitrogens with one attached hydrogen (secondary N) is 1. The van der Waals surface area contributed by atoms with Crippen molar-refractivity contribution in [2.75, 3.05) is 13.1 Å². The van der Waals surface area contributed by atoms with Gasteiger partial charge < -0.3 is 5.32 Å². The first-order chi connectivity index (χ1) is 8.65. The van der Waals surface area contributed by atoms with E-state index in [2.05, 4.69) is 58.7 Å². The molecule has 0 bridgehead atoms. The molecule has 1 saturated carbocycles. The molecule has 2 aliphatic rings. The Morgan fingerprint density at radius 3 is 2.16 bits per heavy atom. The fourth-order valence-electron chi connectivity index (χ4n) is 3.54. The van der Waals surface area contributed by atoms with Crippen molar-refractivity contribution >= 4 is 0 Å². The van der Waals surface area contributed by atoms with E-state index < -0.39 is 0 Å². The lowest BCUT2D eigenvalue weighted by Gasteiger charge is -2.53. The third kappa shape index (κ3) is 3.16. The summed E-state index contributed by atoms with van der Waals surface area (Å²) in [5.41, 5.74) is 0.708. The van der Waals surface area contributed by atoms with E-state index in [0.29, 0.717) is 23.0 Å². The van der Waals surface area contributed by atoms with E-state index in [-0.39, 0.29) is 0 Å². The SMILES string of the molecule is CC(C)C1CNC(C)(C2CC2)CN1C(C)C(C)(C)C. The van der Waals surface area contributed by atoms with Crippen LogP contribution in [0.15, 0.2) is 0 Å². The average molecular weight is 266 g/mol. The van der Waals surface area contributed by atoms with Gasteiger partial charge in [0, 0.05) is 30.7 Å². The first-order valence-electron chi connectivity index (χ1n) is 8.16. The van der Waals surface area contributed by atoms with Gasteiger partial charge in [0.05, 0.1) is 0 Å². The molecule has 0 aromatic carbocycles. The molecule has 1 saturated heterocycles. The van der Waals surface area contributed by atoms with Crippen molar-refractivity contribution in [3.63, 3.8) is 0 Å². The Morgan fingerprint density at radius 2 is 1.74 bits per heavy atom. The highest BCUT2D eigenvalue weighted by molar-refractivity contribution is 5.06. The molecule has 2 nitrogen and oxygen atoms in total. The molecule has 1 N–H and O–H groups in total. The first kappa shape index (κ1) is 15.3. The molecule has 1 heterocycles. The Hall–Kier alpha value is -0.0800. The normalized spacial score (nSPS) is 35.7. The molecule has 0 aromatic heterocycles. The summed E-state index contributed by atoms with van der Waals surface area (Å²) in [5, 5.41) is 3.88. The number of rotatable bonds is 3. The lowest BCUT2D eigenvalue weighted by molar-refractivity contribution is -0.0117. The summed E-state index contributed by atoms with van der Waals surface area (Å²) in [7, 11) is 0. The Labute approximate surface area is 120 Å². The van der Waals surface area contributed by atoms with Crippen molar-refractivity contribution in [3.05, 3.63) is 0 Å². The van der Waals surface area contributed by atoms with Gasteiger partial charge in [-0.05, 0) is 43.9 Å². The number of hydrogen-bond donors (Lipinski definition) is 1. The van der Waals surface area contributed by atoms with E-state index in [9.17, 15) is 0 Å². The van der Waals surface area contributed by atoms with Crippen LogP contribution in [0.4, 0.5) is 0 Å². The molecule has 1 aliphatic heterocycles. The van der Waals surface area contributed by atoms with Gasteiger partial charge in [0.15, 0.2) is 0 Å². The van der Waals surface area contributed by atoms with Crippen molar-refractivity contribution in [2.45, 2.75) is 78.9 Å². The maximum Gasteiger partial charge on any atom is 0.0309 e. The van der Waals surface area contributed by atoms with E-state index in [0.717, 1.165) is 18.4 Å². The van der Waals surface area contributed by atoms with Crippen molar-refractivity contribution in [1.82, 2.24) is 10.2 Å². The molecule has 2 heteroatoms. The number of hydrogen-bond acceptors (Lipinski definition) is 2. The molecule has 0 amide bonds. The molecular formula is C17H34N2. The predicted octanol–water partition coefficient (Wildman–Crippen LogP) is 3.52. The van der Waals surface area contributed by atoms with Crippen LogP contribution in [0, 0.1) is 17.3 Å². The van der Waals surface area contributed by atoms with Crippen molar-refractivity contribution < 1.29 is 0 Å². The van der Waals surface area contributed by atoms with Gasteiger partial charge in [-0.2, -0.15) is 0 Å². The molecule has 1 aliphatic carbocycles. The van der Waals surface area contributed by atoms with Crippen LogP contribution in [0.3, 0.4) is 0 Å². The summed E-state index contributed by atoms with van der Waals surface area (Å²) in [6.07, 6.45) is 2.85. The highest BCUT2D eigenvalue weighted by Gasteiger charge is 2.48. The molecule has 2 rings (SSSR count). The van der Waals surface area contributed by atoms with Crippen molar-refractivity contribution in [1.29, 1.82) is 0 Å². The van der Waals surface area contributed by atoms with Crippen LogP contribution in [0.2, 0.25) is 0 Å². The standard InChI is InChI=1S/C17H34N2/c1-12(2)15-10-18-17(7,14-8-9-14)11-19(15)13(3)16(4,5)6/h12-15,18H,8-11H2,1-7H3.